The van der Waals surface area contributed by atoms with E-state index in [2.05, 4.69) is 4.98 Å². The maximum Gasteiger partial charge on any atom is 0.132 e. The highest BCUT2D eigenvalue weighted by molar-refractivity contribution is 6.29. The summed E-state index contributed by atoms with van der Waals surface area (Å²) < 4.78 is 5.50. The average Bonchev–Trinajstić information content (AvgIpc) is 2.36. The predicted octanol–water partition coefficient (Wildman–Crippen LogP) is 3.83. The Hall–Kier alpha value is -1.80. The molecule has 0 atom stereocenters. The first-order chi connectivity index (χ1) is 8.34. The van der Waals surface area contributed by atoms with Crippen molar-refractivity contribution in [3.63, 3.8) is 0 Å². The molecule has 0 amide bonds. The van der Waals surface area contributed by atoms with Crippen LogP contribution < -0.4 is 4.74 Å². The zero-order valence-electron chi connectivity index (χ0n) is 9.21. The fraction of sp³-hybridized carbons (Fsp3) is 0.0714. The molecule has 0 spiro atoms. The molecule has 1 heterocycles. The minimum absolute atomic E-state index is 0.439. The van der Waals surface area contributed by atoms with E-state index in [1.807, 2.05) is 42.5 Å². The van der Waals surface area contributed by atoms with Crippen LogP contribution in [-0.4, -0.2) is 11.6 Å². The van der Waals surface area contributed by atoms with Crippen LogP contribution in [0.3, 0.4) is 0 Å². The molecular weight excluding hydrogens is 234 g/mol. The third-order valence-corrected chi connectivity index (χ3v) is 2.36. The quantitative estimate of drug-likeness (QED) is 0.764. The summed E-state index contributed by atoms with van der Waals surface area (Å²) in [6, 6.07) is 13.6. The molecule has 0 N–H and O–H groups in total. The van der Waals surface area contributed by atoms with Gasteiger partial charge in [0.15, 0.2) is 0 Å². The molecule has 2 nitrogen and oxygen atoms in total. The molecule has 0 aliphatic heterocycles. The van der Waals surface area contributed by atoms with Crippen LogP contribution in [0.4, 0.5) is 0 Å². The number of benzene rings is 1. The maximum atomic E-state index is 5.74. The van der Waals surface area contributed by atoms with Crippen molar-refractivity contribution in [3.05, 3.63) is 65.5 Å². The smallest absolute Gasteiger partial charge is 0.132 e. The second-order valence-corrected chi connectivity index (χ2v) is 3.83. The van der Waals surface area contributed by atoms with Crippen molar-refractivity contribution in [3.8, 4) is 5.75 Å². The highest BCUT2D eigenvalue weighted by Gasteiger charge is 1.93. The Morgan fingerprint density at radius 1 is 1.18 bits per heavy atom. The fourth-order valence-corrected chi connectivity index (χ4v) is 1.53. The second kappa shape index (κ2) is 6.06. The summed E-state index contributed by atoms with van der Waals surface area (Å²) in [5.41, 5.74) is 1.16. The number of nitrogens with zero attached hydrogens (tertiary/aromatic N) is 1. The van der Waals surface area contributed by atoms with E-state index in [1.165, 1.54) is 0 Å². The van der Waals surface area contributed by atoms with Gasteiger partial charge in [-0.05, 0) is 17.7 Å². The molecule has 0 fully saturated rings. The Morgan fingerprint density at radius 2 is 2.00 bits per heavy atom. The average molecular weight is 246 g/mol. The second-order valence-electron chi connectivity index (χ2n) is 3.44. The molecule has 86 valence electrons. The van der Waals surface area contributed by atoms with Crippen molar-refractivity contribution < 1.29 is 4.74 Å². The van der Waals surface area contributed by atoms with Crippen molar-refractivity contribution in [2.24, 2.45) is 0 Å². The third kappa shape index (κ3) is 3.93. The van der Waals surface area contributed by atoms with Gasteiger partial charge in [0.05, 0.1) is 0 Å². The lowest BCUT2D eigenvalue weighted by molar-refractivity contribution is 0.363. The van der Waals surface area contributed by atoms with E-state index in [0.29, 0.717) is 11.8 Å². The van der Waals surface area contributed by atoms with E-state index in [9.17, 15) is 0 Å². The van der Waals surface area contributed by atoms with Crippen LogP contribution in [0.1, 0.15) is 5.56 Å². The minimum Gasteiger partial charge on any atom is -0.489 e. The van der Waals surface area contributed by atoms with Gasteiger partial charge in [-0.2, -0.15) is 0 Å². The number of pyridine rings is 1. The first-order valence-electron chi connectivity index (χ1n) is 5.30. The van der Waals surface area contributed by atoms with Crippen molar-refractivity contribution in [2.75, 3.05) is 6.61 Å². The lowest BCUT2D eigenvalue weighted by Crippen LogP contribution is -1.93. The maximum absolute atomic E-state index is 5.74. The summed E-state index contributed by atoms with van der Waals surface area (Å²) in [6.45, 7) is 0.509. The summed E-state index contributed by atoms with van der Waals surface area (Å²) in [5.74, 6) is 0.725. The molecule has 2 rings (SSSR count). The molecule has 0 bridgehead atoms. The van der Waals surface area contributed by atoms with Crippen LogP contribution in [0.15, 0.2) is 54.7 Å². The number of rotatable bonds is 4. The molecule has 0 saturated carbocycles. The van der Waals surface area contributed by atoms with Crippen LogP contribution in [-0.2, 0) is 0 Å². The van der Waals surface area contributed by atoms with Gasteiger partial charge in [-0.1, -0.05) is 48.0 Å². The van der Waals surface area contributed by atoms with Crippen LogP contribution in [0.2, 0.25) is 5.15 Å². The van der Waals surface area contributed by atoms with E-state index in [0.717, 1.165) is 11.3 Å². The summed E-state index contributed by atoms with van der Waals surface area (Å²) >= 11 is 5.74. The van der Waals surface area contributed by atoms with Gasteiger partial charge in [0.2, 0.25) is 0 Å². The van der Waals surface area contributed by atoms with Gasteiger partial charge in [-0.15, -0.1) is 0 Å². The molecule has 1 aromatic carbocycles. The molecule has 0 unspecified atom stereocenters. The Kier molecular flexibility index (Phi) is 4.17. The molecule has 0 aliphatic rings. The Labute approximate surface area is 106 Å². The highest BCUT2D eigenvalue weighted by atomic mass is 35.5. The summed E-state index contributed by atoms with van der Waals surface area (Å²) in [7, 11) is 0. The van der Waals surface area contributed by atoms with Gasteiger partial charge in [0.1, 0.15) is 17.5 Å². The fourth-order valence-electron chi connectivity index (χ4n) is 1.37. The Bertz CT molecular complexity index is 497. The van der Waals surface area contributed by atoms with Crippen LogP contribution in [0.5, 0.6) is 5.75 Å². The summed E-state index contributed by atoms with van der Waals surface area (Å²) in [6.07, 6.45) is 5.60. The number of hydrogen-bond acceptors (Lipinski definition) is 2. The largest absolute Gasteiger partial charge is 0.489 e. The van der Waals surface area contributed by atoms with Crippen molar-refractivity contribution >= 4 is 17.7 Å². The Morgan fingerprint density at radius 3 is 2.76 bits per heavy atom. The number of halogens is 1. The molecule has 0 saturated heterocycles. The van der Waals surface area contributed by atoms with Crippen molar-refractivity contribution in [1.82, 2.24) is 4.98 Å². The predicted molar refractivity (Wildman–Crippen MR) is 70.2 cm³/mol. The van der Waals surface area contributed by atoms with Gasteiger partial charge >= 0.3 is 0 Å². The highest BCUT2D eigenvalue weighted by Crippen LogP contribution is 2.14. The minimum atomic E-state index is 0.439. The monoisotopic (exact) mass is 245 g/mol. The number of ether oxygens (including phenoxy) is 1. The van der Waals surface area contributed by atoms with E-state index >= 15 is 0 Å². The molecule has 0 aliphatic carbocycles. The third-order valence-electron chi connectivity index (χ3n) is 2.15. The SMILES string of the molecule is Clc1cc(OCC=Cc2ccccc2)ccn1. The van der Waals surface area contributed by atoms with Crippen molar-refractivity contribution in [2.45, 2.75) is 0 Å². The first kappa shape index (κ1) is 11.7. The standard InChI is InChI=1S/C14H12ClNO/c15-14-11-13(8-9-16-14)17-10-4-7-12-5-2-1-3-6-12/h1-9,11H,10H2. The van der Waals surface area contributed by atoms with Gasteiger partial charge in [-0.25, -0.2) is 4.98 Å². The van der Waals surface area contributed by atoms with Gasteiger partial charge < -0.3 is 4.74 Å². The molecule has 2 aromatic rings. The van der Waals surface area contributed by atoms with Crippen LogP contribution >= 0.6 is 11.6 Å². The van der Waals surface area contributed by atoms with Gasteiger partial charge in [0, 0.05) is 12.3 Å². The van der Waals surface area contributed by atoms with Crippen LogP contribution in [0.25, 0.3) is 6.08 Å². The molecule has 3 heteroatoms. The molecule has 0 radical (unpaired) electrons. The van der Waals surface area contributed by atoms with E-state index in [-0.39, 0.29) is 0 Å². The normalized spacial score (nSPS) is 10.6. The van der Waals surface area contributed by atoms with Crippen molar-refractivity contribution in [1.29, 1.82) is 0 Å². The molecular formula is C14H12ClNO. The first-order valence-corrected chi connectivity index (χ1v) is 5.68. The van der Waals surface area contributed by atoms with E-state index < -0.39 is 0 Å². The zero-order chi connectivity index (χ0) is 11.9. The summed E-state index contributed by atoms with van der Waals surface area (Å²) in [4.78, 5) is 3.88. The molecule has 17 heavy (non-hydrogen) atoms. The Balaban J connectivity index is 1.86. The molecule has 1 aromatic heterocycles. The van der Waals surface area contributed by atoms with Gasteiger partial charge in [-0.3, -0.25) is 0 Å². The lowest BCUT2D eigenvalue weighted by Gasteiger charge is -2.02. The van der Waals surface area contributed by atoms with Crippen LogP contribution in [0, 0.1) is 0 Å². The number of hydrogen-bond donors (Lipinski definition) is 0. The summed E-state index contributed by atoms with van der Waals surface area (Å²) in [5, 5.41) is 0.439. The zero-order valence-corrected chi connectivity index (χ0v) is 9.97. The van der Waals surface area contributed by atoms with E-state index in [4.69, 9.17) is 16.3 Å². The van der Waals surface area contributed by atoms with Gasteiger partial charge in [0.25, 0.3) is 0 Å². The lowest BCUT2D eigenvalue weighted by atomic mass is 10.2. The number of aromatic nitrogens is 1. The van der Waals surface area contributed by atoms with E-state index in [1.54, 1.807) is 18.3 Å². The topological polar surface area (TPSA) is 22.1 Å².